The average Bonchev–Trinajstić information content (AvgIpc) is 3.17. The van der Waals surface area contributed by atoms with Gasteiger partial charge in [-0.25, -0.2) is 4.98 Å². The molecule has 20 heavy (non-hydrogen) atoms. The molecule has 1 unspecified atom stereocenters. The third-order valence-corrected chi connectivity index (χ3v) is 5.19. The lowest BCUT2D eigenvalue weighted by molar-refractivity contribution is 0.551. The summed E-state index contributed by atoms with van der Waals surface area (Å²) in [6.07, 6.45) is 3.82. The quantitative estimate of drug-likeness (QED) is 0.785. The van der Waals surface area contributed by atoms with Crippen LogP contribution >= 0.6 is 11.3 Å². The third kappa shape index (κ3) is 3.95. The van der Waals surface area contributed by atoms with Crippen LogP contribution in [0, 0.1) is 5.92 Å². The normalized spacial score (nSPS) is 16.7. The minimum Gasteiger partial charge on any atom is -0.348 e. The minimum atomic E-state index is 0.559. The standard InChI is InChI=1S/C16H29N3S/c1-6-12(4)15-14(10-17-9-11(2)3)20-16(18-15)19(5)13-7-8-13/h11-13,17H,6-10H2,1-5H3. The van der Waals surface area contributed by atoms with E-state index in [2.05, 4.69) is 45.0 Å². The fraction of sp³-hybridized carbons (Fsp3) is 0.812. The van der Waals surface area contributed by atoms with Crippen LogP contribution < -0.4 is 10.2 Å². The van der Waals surface area contributed by atoms with Crippen molar-refractivity contribution in [3.8, 4) is 0 Å². The van der Waals surface area contributed by atoms with E-state index in [1.54, 1.807) is 0 Å². The molecule has 0 aromatic carbocycles. The van der Waals surface area contributed by atoms with E-state index in [0.717, 1.165) is 25.6 Å². The van der Waals surface area contributed by atoms with Crippen molar-refractivity contribution in [2.75, 3.05) is 18.5 Å². The fourth-order valence-electron chi connectivity index (χ4n) is 2.30. The number of hydrogen-bond donors (Lipinski definition) is 1. The molecule has 1 heterocycles. The molecule has 1 aliphatic carbocycles. The van der Waals surface area contributed by atoms with Gasteiger partial charge in [-0.3, -0.25) is 0 Å². The van der Waals surface area contributed by atoms with Crippen molar-refractivity contribution in [3.05, 3.63) is 10.6 Å². The smallest absolute Gasteiger partial charge is 0.185 e. The van der Waals surface area contributed by atoms with Crippen LogP contribution in [0.3, 0.4) is 0 Å². The van der Waals surface area contributed by atoms with Crippen molar-refractivity contribution >= 4 is 16.5 Å². The number of aromatic nitrogens is 1. The van der Waals surface area contributed by atoms with Crippen LogP contribution in [0.5, 0.6) is 0 Å². The van der Waals surface area contributed by atoms with E-state index < -0.39 is 0 Å². The first-order valence-electron chi connectivity index (χ1n) is 7.96. The first-order valence-corrected chi connectivity index (χ1v) is 8.77. The van der Waals surface area contributed by atoms with Crippen LogP contribution in [0.1, 0.15) is 63.4 Å². The van der Waals surface area contributed by atoms with Crippen LogP contribution in [0.25, 0.3) is 0 Å². The van der Waals surface area contributed by atoms with Gasteiger partial charge in [0.2, 0.25) is 0 Å². The molecule has 4 heteroatoms. The molecule has 1 fully saturated rings. The molecule has 0 spiro atoms. The molecule has 2 rings (SSSR count). The van der Waals surface area contributed by atoms with E-state index >= 15 is 0 Å². The predicted octanol–water partition coefficient (Wildman–Crippen LogP) is 4.00. The SMILES string of the molecule is CCC(C)c1nc(N(C)C2CC2)sc1CNCC(C)C. The number of hydrogen-bond acceptors (Lipinski definition) is 4. The van der Waals surface area contributed by atoms with Crippen molar-refractivity contribution in [3.63, 3.8) is 0 Å². The molecule has 1 aliphatic rings. The number of thiazole rings is 1. The summed E-state index contributed by atoms with van der Waals surface area (Å²) in [6, 6.07) is 0.738. The summed E-state index contributed by atoms with van der Waals surface area (Å²) in [5.41, 5.74) is 1.32. The van der Waals surface area contributed by atoms with Crippen LogP contribution in [0.2, 0.25) is 0 Å². The van der Waals surface area contributed by atoms with Gasteiger partial charge in [0.25, 0.3) is 0 Å². The summed E-state index contributed by atoms with van der Waals surface area (Å²) >= 11 is 1.88. The Morgan fingerprint density at radius 2 is 2.05 bits per heavy atom. The van der Waals surface area contributed by atoms with Gasteiger partial charge in [0.05, 0.1) is 5.69 Å². The summed E-state index contributed by atoms with van der Waals surface area (Å²) in [4.78, 5) is 8.75. The van der Waals surface area contributed by atoms with E-state index in [4.69, 9.17) is 4.98 Å². The first kappa shape index (κ1) is 15.8. The lowest BCUT2D eigenvalue weighted by atomic mass is 10.0. The highest BCUT2D eigenvalue weighted by molar-refractivity contribution is 7.15. The van der Waals surface area contributed by atoms with Crippen LogP contribution in [0.4, 0.5) is 5.13 Å². The average molecular weight is 295 g/mol. The molecule has 3 nitrogen and oxygen atoms in total. The molecule has 0 bridgehead atoms. The Hall–Kier alpha value is -0.610. The van der Waals surface area contributed by atoms with Crippen molar-refractivity contribution in [1.29, 1.82) is 0 Å². The molecular weight excluding hydrogens is 266 g/mol. The van der Waals surface area contributed by atoms with Gasteiger partial charge in [0.1, 0.15) is 0 Å². The van der Waals surface area contributed by atoms with E-state index in [1.165, 1.54) is 28.5 Å². The van der Waals surface area contributed by atoms with Gasteiger partial charge in [0.15, 0.2) is 5.13 Å². The maximum Gasteiger partial charge on any atom is 0.185 e. The monoisotopic (exact) mass is 295 g/mol. The highest BCUT2D eigenvalue weighted by Crippen LogP contribution is 2.36. The molecule has 1 saturated carbocycles. The predicted molar refractivity (Wildman–Crippen MR) is 88.8 cm³/mol. The summed E-state index contributed by atoms with van der Waals surface area (Å²) in [7, 11) is 2.20. The molecule has 1 aromatic rings. The molecule has 114 valence electrons. The van der Waals surface area contributed by atoms with Crippen molar-refractivity contribution in [1.82, 2.24) is 10.3 Å². The Bertz CT molecular complexity index is 423. The summed E-state index contributed by atoms with van der Waals surface area (Å²) in [6.45, 7) is 11.1. The Kier molecular flexibility index (Phi) is 5.44. The Morgan fingerprint density at radius 1 is 1.35 bits per heavy atom. The molecular formula is C16H29N3S. The van der Waals surface area contributed by atoms with E-state index in [-0.39, 0.29) is 0 Å². The van der Waals surface area contributed by atoms with Crippen molar-refractivity contribution in [2.24, 2.45) is 5.92 Å². The highest BCUT2D eigenvalue weighted by atomic mass is 32.1. The zero-order valence-electron chi connectivity index (χ0n) is 13.6. The van der Waals surface area contributed by atoms with E-state index in [0.29, 0.717) is 11.8 Å². The molecule has 1 aromatic heterocycles. The highest BCUT2D eigenvalue weighted by Gasteiger charge is 2.29. The number of rotatable bonds is 8. The number of nitrogens with zero attached hydrogens (tertiary/aromatic N) is 2. The maximum atomic E-state index is 4.94. The summed E-state index contributed by atoms with van der Waals surface area (Å²) < 4.78 is 0. The maximum absolute atomic E-state index is 4.94. The molecule has 0 amide bonds. The summed E-state index contributed by atoms with van der Waals surface area (Å²) in [5.74, 6) is 1.26. The van der Waals surface area contributed by atoms with E-state index in [1.807, 2.05) is 11.3 Å². The van der Waals surface area contributed by atoms with Gasteiger partial charge < -0.3 is 10.2 Å². The van der Waals surface area contributed by atoms with Crippen molar-refractivity contribution in [2.45, 2.75) is 65.5 Å². The number of anilines is 1. The van der Waals surface area contributed by atoms with Gasteiger partial charge in [-0.1, -0.05) is 27.7 Å². The minimum absolute atomic E-state index is 0.559. The zero-order valence-corrected chi connectivity index (χ0v) is 14.4. The van der Waals surface area contributed by atoms with Crippen LogP contribution in [-0.4, -0.2) is 24.6 Å². The van der Waals surface area contributed by atoms with Gasteiger partial charge >= 0.3 is 0 Å². The lowest BCUT2D eigenvalue weighted by Crippen LogP contribution is -2.19. The second-order valence-corrected chi connectivity index (χ2v) is 7.54. The van der Waals surface area contributed by atoms with Gasteiger partial charge in [-0.05, 0) is 37.6 Å². The largest absolute Gasteiger partial charge is 0.348 e. The lowest BCUT2D eigenvalue weighted by Gasteiger charge is -2.13. The second-order valence-electron chi connectivity index (χ2n) is 6.48. The van der Waals surface area contributed by atoms with Gasteiger partial charge in [0, 0.05) is 24.5 Å². The fourth-order valence-corrected chi connectivity index (χ4v) is 3.48. The molecule has 1 N–H and O–H groups in total. The van der Waals surface area contributed by atoms with Crippen molar-refractivity contribution < 1.29 is 0 Å². The van der Waals surface area contributed by atoms with Gasteiger partial charge in [-0.2, -0.15) is 0 Å². The second kappa shape index (κ2) is 6.90. The molecule has 0 saturated heterocycles. The third-order valence-electron chi connectivity index (χ3n) is 4.03. The molecule has 0 aliphatic heterocycles. The first-order chi connectivity index (χ1) is 9.52. The Morgan fingerprint density at radius 3 is 2.60 bits per heavy atom. The Labute approximate surface area is 127 Å². The Balaban J connectivity index is 2.09. The topological polar surface area (TPSA) is 28.2 Å². The summed E-state index contributed by atoms with van der Waals surface area (Å²) in [5, 5.41) is 4.78. The number of nitrogens with one attached hydrogen (secondary N) is 1. The molecule has 1 atom stereocenters. The van der Waals surface area contributed by atoms with E-state index in [9.17, 15) is 0 Å². The zero-order chi connectivity index (χ0) is 14.7. The van der Waals surface area contributed by atoms with Crippen LogP contribution in [-0.2, 0) is 6.54 Å². The van der Waals surface area contributed by atoms with Crippen LogP contribution in [0.15, 0.2) is 0 Å². The van der Waals surface area contributed by atoms with Gasteiger partial charge in [-0.15, -0.1) is 11.3 Å². The molecule has 0 radical (unpaired) electrons.